The highest BCUT2D eigenvalue weighted by molar-refractivity contribution is 8.01. The summed E-state index contributed by atoms with van der Waals surface area (Å²) < 4.78 is 10.9. The monoisotopic (exact) mass is 323 g/mol. The lowest BCUT2D eigenvalue weighted by Crippen LogP contribution is -2.19. The zero-order valence-corrected chi connectivity index (χ0v) is 14.5. The molecule has 1 heterocycles. The van der Waals surface area contributed by atoms with E-state index < -0.39 is 0 Å². The van der Waals surface area contributed by atoms with Crippen molar-refractivity contribution in [3.63, 3.8) is 0 Å². The minimum Gasteiger partial charge on any atom is -0.496 e. The quantitative estimate of drug-likeness (QED) is 0.836. The van der Waals surface area contributed by atoms with Gasteiger partial charge in [0.1, 0.15) is 11.6 Å². The second-order valence-electron chi connectivity index (χ2n) is 4.58. The van der Waals surface area contributed by atoms with Gasteiger partial charge in [-0.3, -0.25) is 0 Å². The molecule has 1 aromatic heterocycles. The molecule has 0 radical (unpaired) electrons. The van der Waals surface area contributed by atoms with Crippen LogP contribution in [-0.2, 0) is 6.42 Å². The molecule has 2 aromatic rings. The van der Waals surface area contributed by atoms with Crippen LogP contribution >= 0.6 is 23.3 Å². The Labute approximate surface area is 134 Å². The van der Waals surface area contributed by atoms with Crippen molar-refractivity contribution in [2.45, 2.75) is 42.5 Å². The van der Waals surface area contributed by atoms with Crippen LogP contribution in [0.2, 0.25) is 0 Å². The Morgan fingerprint density at radius 3 is 2.81 bits per heavy atom. The number of nitrogens with zero attached hydrogens (tertiary/aromatic N) is 2. The number of benzene rings is 1. The van der Waals surface area contributed by atoms with E-state index in [1.54, 1.807) is 18.9 Å². The SMILES string of the molecule is CCNC(C)c1c(OC)cccc1Sc1nc(CC)ns1. The van der Waals surface area contributed by atoms with Gasteiger partial charge in [-0.2, -0.15) is 4.37 Å². The van der Waals surface area contributed by atoms with E-state index >= 15 is 0 Å². The van der Waals surface area contributed by atoms with E-state index in [-0.39, 0.29) is 6.04 Å². The van der Waals surface area contributed by atoms with Gasteiger partial charge >= 0.3 is 0 Å². The van der Waals surface area contributed by atoms with Crippen LogP contribution < -0.4 is 10.1 Å². The number of methoxy groups -OCH3 is 1. The van der Waals surface area contributed by atoms with Crippen molar-refractivity contribution in [1.82, 2.24) is 14.7 Å². The highest BCUT2D eigenvalue weighted by Crippen LogP contribution is 2.38. The Balaban J connectivity index is 2.33. The largest absolute Gasteiger partial charge is 0.496 e. The number of nitrogens with one attached hydrogen (secondary N) is 1. The van der Waals surface area contributed by atoms with Crippen molar-refractivity contribution in [3.8, 4) is 5.75 Å². The van der Waals surface area contributed by atoms with Gasteiger partial charge in [0.25, 0.3) is 0 Å². The molecule has 1 unspecified atom stereocenters. The van der Waals surface area contributed by atoms with E-state index in [0.29, 0.717) is 0 Å². The molecule has 0 amide bonds. The first-order valence-corrected chi connectivity index (χ1v) is 8.69. The molecular formula is C15H21N3OS2. The van der Waals surface area contributed by atoms with Crippen LogP contribution in [0.25, 0.3) is 0 Å². The van der Waals surface area contributed by atoms with Crippen molar-refractivity contribution in [1.29, 1.82) is 0 Å². The van der Waals surface area contributed by atoms with Crippen molar-refractivity contribution >= 4 is 23.3 Å². The van der Waals surface area contributed by atoms with Crippen LogP contribution in [0.4, 0.5) is 0 Å². The normalized spacial score (nSPS) is 12.4. The summed E-state index contributed by atoms with van der Waals surface area (Å²) in [6.45, 7) is 7.25. The fraction of sp³-hybridized carbons (Fsp3) is 0.467. The summed E-state index contributed by atoms with van der Waals surface area (Å²) >= 11 is 3.12. The third kappa shape index (κ3) is 3.96. The molecule has 114 valence electrons. The molecule has 0 saturated carbocycles. The fourth-order valence-corrected chi connectivity index (χ4v) is 4.05. The van der Waals surface area contributed by atoms with Crippen molar-refractivity contribution in [3.05, 3.63) is 29.6 Å². The number of hydrogen-bond acceptors (Lipinski definition) is 6. The first kappa shape index (κ1) is 16.3. The molecule has 6 heteroatoms. The summed E-state index contributed by atoms with van der Waals surface area (Å²) in [6, 6.07) is 6.37. The molecule has 1 N–H and O–H groups in total. The van der Waals surface area contributed by atoms with Crippen LogP contribution in [0.3, 0.4) is 0 Å². The lowest BCUT2D eigenvalue weighted by molar-refractivity contribution is 0.400. The van der Waals surface area contributed by atoms with Crippen LogP contribution in [0.15, 0.2) is 27.4 Å². The minimum atomic E-state index is 0.229. The summed E-state index contributed by atoms with van der Waals surface area (Å²) in [5.41, 5.74) is 1.18. The van der Waals surface area contributed by atoms with Crippen molar-refractivity contribution in [2.24, 2.45) is 0 Å². The number of hydrogen-bond donors (Lipinski definition) is 1. The van der Waals surface area contributed by atoms with Crippen LogP contribution in [0.5, 0.6) is 5.75 Å². The van der Waals surface area contributed by atoms with Gasteiger partial charge in [-0.1, -0.05) is 31.7 Å². The lowest BCUT2D eigenvalue weighted by atomic mass is 10.1. The summed E-state index contributed by atoms with van der Waals surface area (Å²) in [6.07, 6.45) is 0.871. The third-order valence-electron chi connectivity index (χ3n) is 3.15. The van der Waals surface area contributed by atoms with E-state index in [9.17, 15) is 0 Å². The zero-order chi connectivity index (χ0) is 15.2. The van der Waals surface area contributed by atoms with Crippen LogP contribution in [0.1, 0.15) is 38.2 Å². The Morgan fingerprint density at radius 1 is 1.38 bits per heavy atom. The van der Waals surface area contributed by atoms with E-state index in [1.165, 1.54) is 22.0 Å². The molecule has 0 spiro atoms. The van der Waals surface area contributed by atoms with Crippen LogP contribution in [-0.4, -0.2) is 23.0 Å². The highest BCUT2D eigenvalue weighted by atomic mass is 32.2. The topological polar surface area (TPSA) is 47.0 Å². The van der Waals surface area contributed by atoms with E-state index in [0.717, 1.165) is 28.9 Å². The Hall–Kier alpha value is -1.11. The molecular weight excluding hydrogens is 302 g/mol. The average molecular weight is 323 g/mol. The summed E-state index contributed by atoms with van der Waals surface area (Å²) in [4.78, 5) is 5.70. The Bertz CT molecular complexity index is 586. The molecule has 0 aliphatic heterocycles. The van der Waals surface area contributed by atoms with Gasteiger partial charge in [-0.25, -0.2) is 4.98 Å². The Kier molecular flexibility index (Phi) is 6.02. The second-order valence-corrected chi connectivity index (χ2v) is 6.62. The first-order chi connectivity index (χ1) is 10.2. The summed E-state index contributed by atoms with van der Waals surface area (Å²) in [5.74, 6) is 1.82. The van der Waals surface area contributed by atoms with Crippen molar-refractivity contribution < 1.29 is 4.74 Å². The van der Waals surface area contributed by atoms with Gasteiger partial charge in [-0.15, -0.1) is 0 Å². The van der Waals surface area contributed by atoms with Gasteiger partial charge in [0.2, 0.25) is 0 Å². The average Bonchev–Trinajstić information content (AvgIpc) is 2.94. The molecule has 2 rings (SSSR count). The van der Waals surface area contributed by atoms with E-state index in [2.05, 4.69) is 41.5 Å². The smallest absolute Gasteiger partial charge is 0.174 e. The number of aromatic nitrogens is 2. The number of aryl methyl sites for hydroxylation is 1. The van der Waals surface area contributed by atoms with Gasteiger partial charge in [0.15, 0.2) is 4.34 Å². The fourth-order valence-electron chi connectivity index (χ4n) is 2.14. The molecule has 21 heavy (non-hydrogen) atoms. The van der Waals surface area contributed by atoms with Gasteiger partial charge in [0.05, 0.1) is 7.11 Å². The number of rotatable bonds is 7. The minimum absolute atomic E-state index is 0.229. The predicted octanol–water partition coefficient (Wildman–Crippen LogP) is 3.93. The van der Waals surface area contributed by atoms with Gasteiger partial charge in [0, 0.05) is 22.9 Å². The summed E-state index contributed by atoms with van der Waals surface area (Å²) in [5, 5.41) is 3.45. The Morgan fingerprint density at radius 2 is 2.19 bits per heavy atom. The molecule has 0 saturated heterocycles. The molecule has 0 fully saturated rings. The third-order valence-corrected chi connectivity index (χ3v) is 5.02. The molecule has 0 aliphatic carbocycles. The molecule has 0 aliphatic rings. The van der Waals surface area contributed by atoms with Gasteiger partial charge in [-0.05, 0) is 37.1 Å². The maximum Gasteiger partial charge on any atom is 0.174 e. The molecule has 1 atom stereocenters. The lowest BCUT2D eigenvalue weighted by Gasteiger charge is -2.19. The van der Waals surface area contributed by atoms with Crippen LogP contribution in [0, 0.1) is 0 Å². The number of ether oxygens (including phenoxy) is 1. The second kappa shape index (κ2) is 7.77. The molecule has 1 aromatic carbocycles. The maximum atomic E-state index is 5.53. The summed E-state index contributed by atoms with van der Waals surface area (Å²) in [7, 11) is 1.71. The zero-order valence-electron chi connectivity index (χ0n) is 12.8. The van der Waals surface area contributed by atoms with Gasteiger partial charge < -0.3 is 10.1 Å². The standard InChI is InChI=1S/C15H21N3OS2/c1-5-13-17-15(21-18-13)20-12-9-7-8-11(19-4)14(12)10(3)16-6-2/h7-10,16H,5-6H2,1-4H3. The maximum absolute atomic E-state index is 5.53. The molecule has 0 bridgehead atoms. The van der Waals surface area contributed by atoms with E-state index in [4.69, 9.17) is 4.74 Å². The predicted molar refractivity (Wildman–Crippen MR) is 88.5 cm³/mol. The first-order valence-electron chi connectivity index (χ1n) is 7.10. The molecule has 4 nitrogen and oxygen atoms in total. The van der Waals surface area contributed by atoms with Crippen molar-refractivity contribution in [2.75, 3.05) is 13.7 Å². The van der Waals surface area contributed by atoms with E-state index in [1.807, 2.05) is 12.1 Å². The highest BCUT2D eigenvalue weighted by Gasteiger charge is 2.17.